The summed E-state index contributed by atoms with van der Waals surface area (Å²) in [6, 6.07) is 31.0. The minimum Gasteiger partial charge on any atom is -0.507 e. The van der Waals surface area contributed by atoms with E-state index in [9.17, 15) is 9.90 Å². The lowest BCUT2D eigenvalue weighted by Crippen LogP contribution is -1.99. The molecule has 0 saturated carbocycles. The third-order valence-corrected chi connectivity index (χ3v) is 4.86. The van der Waals surface area contributed by atoms with Crippen molar-refractivity contribution in [3.63, 3.8) is 0 Å². The van der Waals surface area contributed by atoms with E-state index in [4.69, 9.17) is 4.74 Å². The average molecular weight is 380 g/mol. The largest absolute Gasteiger partial charge is 0.507 e. The Hall–Kier alpha value is -3.85. The topological polar surface area (TPSA) is 46.5 Å². The first-order chi connectivity index (χ1) is 14.3. The molecular weight excluding hydrogens is 360 g/mol. The van der Waals surface area contributed by atoms with Crippen LogP contribution in [0.5, 0.6) is 11.5 Å². The van der Waals surface area contributed by atoms with E-state index in [1.54, 1.807) is 18.2 Å². The molecule has 4 aromatic carbocycles. The molecule has 142 valence electrons. The summed E-state index contributed by atoms with van der Waals surface area (Å²) < 4.78 is 6.17. The van der Waals surface area contributed by atoms with Crippen LogP contribution in [0.15, 0.2) is 97.1 Å². The number of ether oxygens (including phenoxy) is 1. The normalized spacial score (nSPS) is 10.5. The average Bonchev–Trinajstić information content (AvgIpc) is 2.79. The van der Waals surface area contributed by atoms with Gasteiger partial charge in [0.2, 0.25) is 0 Å². The molecule has 0 spiro atoms. The van der Waals surface area contributed by atoms with Crippen molar-refractivity contribution in [1.82, 2.24) is 0 Å². The van der Waals surface area contributed by atoms with Crippen molar-refractivity contribution in [3.8, 4) is 33.8 Å². The maximum Gasteiger partial charge on any atom is 0.153 e. The van der Waals surface area contributed by atoms with E-state index in [-0.39, 0.29) is 11.3 Å². The van der Waals surface area contributed by atoms with Crippen LogP contribution < -0.4 is 4.74 Å². The molecule has 0 radical (unpaired) electrons. The van der Waals surface area contributed by atoms with Crippen molar-refractivity contribution < 1.29 is 14.6 Å². The van der Waals surface area contributed by atoms with E-state index < -0.39 is 0 Å². The Bertz CT molecular complexity index is 1130. The van der Waals surface area contributed by atoms with Crippen LogP contribution in [0.2, 0.25) is 0 Å². The van der Waals surface area contributed by atoms with Gasteiger partial charge in [0.05, 0.1) is 5.56 Å². The second kappa shape index (κ2) is 8.44. The van der Waals surface area contributed by atoms with Crippen LogP contribution in [0.25, 0.3) is 22.3 Å². The van der Waals surface area contributed by atoms with E-state index in [0.29, 0.717) is 24.2 Å². The Morgan fingerprint density at radius 2 is 1.34 bits per heavy atom. The minimum absolute atomic E-state index is 0.0387. The summed E-state index contributed by atoms with van der Waals surface area (Å²) >= 11 is 0. The van der Waals surface area contributed by atoms with Gasteiger partial charge in [0, 0.05) is 11.1 Å². The fourth-order valence-electron chi connectivity index (χ4n) is 3.39. The summed E-state index contributed by atoms with van der Waals surface area (Å²) in [7, 11) is 0. The molecule has 29 heavy (non-hydrogen) atoms. The lowest BCUT2D eigenvalue weighted by atomic mass is 10.00. The summed E-state index contributed by atoms with van der Waals surface area (Å²) in [6.45, 7) is 0.385. The van der Waals surface area contributed by atoms with Gasteiger partial charge in [0.1, 0.15) is 18.1 Å². The van der Waals surface area contributed by atoms with Crippen molar-refractivity contribution in [1.29, 1.82) is 0 Å². The summed E-state index contributed by atoms with van der Waals surface area (Å²) in [6.07, 6.45) is 0.651. The fourth-order valence-corrected chi connectivity index (χ4v) is 3.39. The van der Waals surface area contributed by atoms with Gasteiger partial charge in [-0.15, -0.1) is 0 Å². The number of carbonyl (C=O) groups excluding carboxylic acids is 1. The number of phenolic OH excluding ortho intramolecular Hbond substituents is 1. The molecule has 0 amide bonds. The highest BCUT2D eigenvalue weighted by atomic mass is 16.5. The van der Waals surface area contributed by atoms with Crippen LogP contribution in [0.4, 0.5) is 0 Å². The first-order valence-corrected chi connectivity index (χ1v) is 9.40. The highest BCUT2D eigenvalue weighted by molar-refractivity contribution is 5.87. The maximum absolute atomic E-state index is 11.2. The molecule has 0 aliphatic carbocycles. The van der Waals surface area contributed by atoms with Crippen molar-refractivity contribution in [2.75, 3.05) is 0 Å². The third-order valence-electron chi connectivity index (χ3n) is 4.86. The fraction of sp³-hybridized carbons (Fsp3) is 0.0385. The van der Waals surface area contributed by atoms with E-state index in [2.05, 4.69) is 24.3 Å². The van der Waals surface area contributed by atoms with Gasteiger partial charge in [-0.1, -0.05) is 84.9 Å². The molecule has 0 aromatic heterocycles. The summed E-state index contributed by atoms with van der Waals surface area (Å²) in [5.74, 6) is 0.608. The van der Waals surface area contributed by atoms with Gasteiger partial charge in [-0.2, -0.15) is 0 Å². The van der Waals surface area contributed by atoms with Crippen LogP contribution in [-0.2, 0) is 6.61 Å². The van der Waals surface area contributed by atoms with Crippen molar-refractivity contribution in [2.45, 2.75) is 6.61 Å². The highest BCUT2D eigenvalue weighted by Gasteiger charge is 2.13. The van der Waals surface area contributed by atoms with Gasteiger partial charge < -0.3 is 9.84 Å². The maximum atomic E-state index is 11.2. The molecule has 0 saturated heterocycles. The van der Waals surface area contributed by atoms with Gasteiger partial charge in [-0.25, -0.2) is 0 Å². The lowest BCUT2D eigenvalue weighted by molar-refractivity contribution is 0.112. The van der Waals surface area contributed by atoms with Crippen molar-refractivity contribution in [2.24, 2.45) is 0 Å². The number of rotatable bonds is 6. The predicted octanol–water partition coefficient (Wildman–Crippen LogP) is 6.12. The summed E-state index contributed by atoms with van der Waals surface area (Å²) in [5, 5.41) is 10.5. The first kappa shape index (κ1) is 18.5. The van der Waals surface area contributed by atoms with Crippen molar-refractivity contribution >= 4 is 6.29 Å². The summed E-state index contributed by atoms with van der Waals surface area (Å²) in [4.78, 5) is 11.2. The Labute approximate surface area is 169 Å². The van der Waals surface area contributed by atoms with E-state index >= 15 is 0 Å². The molecule has 0 aliphatic rings. The van der Waals surface area contributed by atoms with Gasteiger partial charge in [-0.05, 0) is 28.8 Å². The van der Waals surface area contributed by atoms with E-state index in [1.807, 2.05) is 54.6 Å². The molecule has 0 aliphatic heterocycles. The number of carbonyl (C=O) groups is 1. The van der Waals surface area contributed by atoms with Crippen LogP contribution in [0.1, 0.15) is 15.9 Å². The molecule has 0 heterocycles. The smallest absolute Gasteiger partial charge is 0.153 e. The molecular formula is C26H20O3. The quantitative estimate of drug-likeness (QED) is 0.410. The molecule has 3 heteroatoms. The predicted molar refractivity (Wildman–Crippen MR) is 115 cm³/mol. The first-order valence-electron chi connectivity index (χ1n) is 9.40. The minimum atomic E-state index is -0.0387. The molecule has 1 N–H and O–H groups in total. The zero-order valence-corrected chi connectivity index (χ0v) is 15.8. The highest BCUT2D eigenvalue weighted by Crippen LogP contribution is 2.37. The van der Waals surface area contributed by atoms with Crippen LogP contribution >= 0.6 is 0 Å². The Morgan fingerprint density at radius 3 is 2.14 bits per heavy atom. The zero-order valence-electron chi connectivity index (χ0n) is 15.8. The molecule has 0 atom stereocenters. The second-order valence-electron chi connectivity index (χ2n) is 6.67. The van der Waals surface area contributed by atoms with Crippen molar-refractivity contribution in [3.05, 3.63) is 108 Å². The monoisotopic (exact) mass is 380 g/mol. The molecule has 4 rings (SSSR count). The van der Waals surface area contributed by atoms with Gasteiger partial charge >= 0.3 is 0 Å². The van der Waals surface area contributed by atoms with Gasteiger partial charge in [0.25, 0.3) is 0 Å². The Kier molecular flexibility index (Phi) is 5.39. The number of hydrogen-bond donors (Lipinski definition) is 1. The number of para-hydroxylation sites is 2. The SMILES string of the molecule is O=Cc1cccc(-c2ccccc2OCc2ccccc2-c2ccccc2)c1O. The van der Waals surface area contributed by atoms with Crippen LogP contribution in [-0.4, -0.2) is 11.4 Å². The number of aromatic hydroxyl groups is 1. The number of benzene rings is 4. The zero-order chi connectivity index (χ0) is 20.1. The molecule has 3 nitrogen and oxygen atoms in total. The third kappa shape index (κ3) is 3.90. The van der Waals surface area contributed by atoms with E-state index in [0.717, 1.165) is 22.3 Å². The molecule has 0 unspecified atom stereocenters. The van der Waals surface area contributed by atoms with Gasteiger partial charge in [0.15, 0.2) is 6.29 Å². The lowest BCUT2D eigenvalue weighted by Gasteiger charge is -2.15. The Balaban J connectivity index is 1.66. The number of hydrogen-bond acceptors (Lipinski definition) is 3. The van der Waals surface area contributed by atoms with E-state index in [1.165, 1.54) is 0 Å². The van der Waals surface area contributed by atoms with Crippen LogP contribution in [0.3, 0.4) is 0 Å². The molecule has 0 bridgehead atoms. The molecule has 0 fully saturated rings. The number of phenols is 1. The van der Waals surface area contributed by atoms with Gasteiger partial charge in [-0.3, -0.25) is 4.79 Å². The number of aldehydes is 1. The molecule has 4 aromatic rings. The summed E-state index contributed by atoms with van der Waals surface area (Å²) in [5.41, 5.74) is 4.89. The van der Waals surface area contributed by atoms with Crippen LogP contribution in [0, 0.1) is 0 Å². The second-order valence-corrected chi connectivity index (χ2v) is 6.67. The Morgan fingerprint density at radius 1 is 0.690 bits per heavy atom. The standard InChI is InChI=1S/C26H20O3/c27-17-20-12-8-15-24(26(20)28)23-14-6-7-16-25(23)29-18-21-11-4-5-13-22(21)19-9-2-1-3-10-19/h1-17,28H,18H2.